The number of likely N-dealkylation sites (tertiary alicyclic amines) is 1. The van der Waals surface area contributed by atoms with Gasteiger partial charge in [-0.25, -0.2) is 0 Å². The largest absolute Gasteiger partial charge is 0.357 e. The van der Waals surface area contributed by atoms with Crippen LogP contribution in [0.5, 0.6) is 0 Å². The Kier molecular flexibility index (Phi) is 8.77. The molecule has 0 bridgehead atoms. The van der Waals surface area contributed by atoms with Crippen molar-refractivity contribution in [2.45, 2.75) is 39.7 Å². The molecular weight excluding hydrogens is 350 g/mol. The van der Waals surface area contributed by atoms with Gasteiger partial charge in [0.2, 0.25) is 0 Å². The van der Waals surface area contributed by atoms with Gasteiger partial charge in [-0.05, 0) is 50.6 Å². The van der Waals surface area contributed by atoms with E-state index in [2.05, 4.69) is 42.0 Å². The maximum atomic E-state index is 12.2. The van der Waals surface area contributed by atoms with E-state index in [0.717, 1.165) is 56.2 Å². The molecule has 0 aliphatic carbocycles. The van der Waals surface area contributed by atoms with Crippen LogP contribution in [-0.4, -0.2) is 86.0 Å². The number of carbonyl (C=O) groups excluding carboxylic acids is 1. The van der Waals surface area contributed by atoms with E-state index in [1.807, 2.05) is 18.2 Å². The molecule has 2 rings (SSSR count). The Morgan fingerprint density at radius 2 is 2.00 bits per heavy atom. The average Bonchev–Trinajstić information content (AvgIpc) is 3.17. The van der Waals surface area contributed by atoms with Crippen molar-refractivity contribution in [3.8, 4) is 0 Å². The number of amides is 1. The molecule has 28 heavy (non-hydrogen) atoms. The number of nitrogens with zero attached hydrogens (tertiary/aromatic N) is 4. The minimum atomic E-state index is 0.0400. The van der Waals surface area contributed by atoms with Crippen molar-refractivity contribution in [2.24, 2.45) is 4.99 Å². The van der Waals surface area contributed by atoms with Gasteiger partial charge in [0.05, 0.1) is 0 Å². The van der Waals surface area contributed by atoms with Gasteiger partial charge in [-0.2, -0.15) is 0 Å². The molecule has 156 valence electrons. The number of hydrogen-bond donors (Lipinski definition) is 1. The van der Waals surface area contributed by atoms with E-state index >= 15 is 0 Å². The minimum Gasteiger partial charge on any atom is -0.357 e. The van der Waals surface area contributed by atoms with Gasteiger partial charge in [0, 0.05) is 51.9 Å². The molecule has 1 amide bonds. The summed E-state index contributed by atoms with van der Waals surface area (Å²) in [7, 11) is 3.56. The molecule has 1 aromatic carbocycles. The molecule has 1 unspecified atom stereocenters. The minimum absolute atomic E-state index is 0.0400. The predicted octanol–water partition coefficient (Wildman–Crippen LogP) is 2.31. The average molecular weight is 388 g/mol. The van der Waals surface area contributed by atoms with Crippen molar-refractivity contribution >= 4 is 11.9 Å². The van der Waals surface area contributed by atoms with Crippen molar-refractivity contribution in [3.63, 3.8) is 0 Å². The van der Waals surface area contributed by atoms with Crippen LogP contribution in [-0.2, 0) is 6.42 Å². The second-order valence-electron chi connectivity index (χ2n) is 7.50. The first-order valence-electron chi connectivity index (χ1n) is 10.6. The lowest BCUT2D eigenvalue weighted by Gasteiger charge is -2.27. The number of benzene rings is 1. The third kappa shape index (κ3) is 5.96. The summed E-state index contributed by atoms with van der Waals surface area (Å²) in [5.41, 5.74) is 1.88. The lowest BCUT2D eigenvalue weighted by Crippen LogP contribution is -2.43. The highest BCUT2D eigenvalue weighted by molar-refractivity contribution is 5.94. The third-order valence-corrected chi connectivity index (χ3v) is 5.37. The molecule has 1 aromatic rings. The summed E-state index contributed by atoms with van der Waals surface area (Å²) in [6, 6.07) is 8.50. The fourth-order valence-corrected chi connectivity index (χ4v) is 3.81. The molecule has 6 nitrogen and oxygen atoms in total. The van der Waals surface area contributed by atoms with Gasteiger partial charge in [-0.15, -0.1) is 0 Å². The zero-order valence-corrected chi connectivity index (χ0v) is 18.2. The summed E-state index contributed by atoms with van der Waals surface area (Å²) in [5.74, 6) is 1.05. The summed E-state index contributed by atoms with van der Waals surface area (Å²) in [4.78, 5) is 23.6. The van der Waals surface area contributed by atoms with Crippen molar-refractivity contribution in [1.82, 2.24) is 20.0 Å². The second-order valence-corrected chi connectivity index (χ2v) is 7.50. The molecule has 0 spiro atoms. The quantitative estimate of drug-likeness (QED) is 0.549. The number of hydrogen-bond acceptors (Lipinski definition) is 3. The standard InChI is InChI=1S/C22H37N5O/c1-6-23-22(27-15-13-20(17-27)26(7-2)8-3)24-14-12-18-10-9-11-19(16-18)21(28)25(4)5/h9-11,16,20H,6-8,12-15,17H2,1-5H3,(H,23,24). The fourth-order valence-electron chi connectivity index (χ4n) is 3.81. The maximum Gasteiger partial charge on any atom is 0.253 e. The highest BCUT2D eigenvalue weighted by Gasteiger charge is 2.27. The highest BCUT2D eigenvalue weighted by atomic mass is 16.2. The molecule has 0 aromatic heterocycles. The normalized spacial score (nSPS) is 17.3. The summed E-state index contributed by atoms with van der Waals surface area (Å²) in [5, 5.41) is 3.45. The van der Waals surface area contributed by atoms with Crippen LogP contribution in [0.4, 0.5) is 0 Å². The number of likely N-dealkylation sites (N-methyl/N-ethyl adjacent to an activating group) is 1. The highest BCUT2D eigenvalue weighted by Crippen LogP contribution is 2.16. The van der Waals surface area contributed by atoms with Gasteiger partial charge >= 0.3 is 0 Å². The fraction of sp³-hybridized carbons (Fsp3) is 0.636. The van der Waals surface area contributed by atoms with E-state index in [1.165, 1.54) is 6.42 Å². The first-order valence-corrected chi connectivity index (χ1v) is 10.6. The van der Waals surface area contributed by atoms with Crippen LogP contribution in [0, 0.1) is 0 Å². The summed E-state index contributed by atoms with van der Waals surface area (Å²) >= 11 is 0. The van der Waals surface area contributed by atoms with E-state index in [4.69, 9.17) is 4.99 Å². The Morgan fingerprint density at radius 1 is 1.25 bits per heavy atom. The summed E-state index contributed by atoms with van der Waals surface area (Å²) in [6.45, 7) is 12.5. The lowest BCUT2D eigenvalue weighted by molar-refractivity contribution is 0.0827. The summed E-state index contributed by atoms with van der Waals surface area (Å²) < 4.78 is 0. The molecule has 1 fully saturated rings. The Morgan fingerprint density at radius 3 is 2.64 bits per heavy atom. The molecule has 1 atom stereocenters. The molecule has 1 heterocycles. The Balaban J connectivity index is 1.98. The molecule has 0 saturated carbocycles. The first kappa shape index (κ1) is 22.2. The zero-order chi connectivity index (χ0) is 20.5. The molecule has 1 aliphatic heterocycles. The van der Waals surface area contributed by atoms with Crippen LogP contribution in [0.15, 0.2) is 29.3 Å². The van der Waals surface area contributed by atoms with Crippen molar-refractivity contribution in [3.05, 3.63) is 35.4 Å². The zero-order valence-electron chi connectivity index (χ0n) is 18.2. The van der Waals surface area contributed by atoms with Crippen LogP contribution >= 0.6 is 0 Å². The van der Waals surface area contributed by atoms with Crippen LogP contribution in [0.3, 0.4) is 0 Å². The molecule has 0 radical (unpaired) electrons. The van der Waals surface area contributed by atoms with E-state index in [0.29, 0.717) is 12.6 Å². The van der Waals surface area contributed by atoms with E-state index < -0.39 is 0 Å². The molecule has 1 aliphatic rings. The van der Waals surface area contributed by atoms with Crippen molar-refractivity contribution in [1.29, 1.82) is 0 Å². The van der Waals surface area contributed by atoms with Crippen LogP contribution in [0.25, 0.3) is 0 Å². The number of carbonyl (C=O) groups is 1. The number of rotatable bonds is 8. The third-order valence-electron chi connectivity index (χ3n) is 5.37. The molecule has 6 heteroatoms. The smallest absolute Gasteiger partial charge is 0.253 e. The number of aliphatic imine (C=N–C) groups is 1. The monoisotopic (exact) mass is 387 g/mol. The van der Waals surface area contributed by atoms with Gasteiger partial charge in [0.1, 0.15) is 0 Å². The van der Waals surface area contributed by atoms with Crippen molar-refractivity contribution in [2.75, 3.05) is 53.4 Å². The Hall–Kier alpha value is -2.08. The molecule has 1 N–H and O–H groups in total. The number of nitrogens with one attached hydrogen (secondary N) is 1. The van der Waals surface area contributed by atoms with Crippen molar-refractivity contribution < 1.29 is 4.79 Å². The lowest BCUT2D eigenvalue weighted by atomic mass is 10.1. The Labute approximate surface area is 170 Å². The van der Waals surface area contributed by atoms with Gasteiger partial charge in [-0.3, -0.25) is 14.7 Å². The number of guanidine groups is 1. The van der Waals surface area contributed by atoms with E-state index in [9.17, 15) is 4.79 Å². The van der Waals surface area contributed by atoms with Gasteiger partial charge in [0.25, 0.3) is 5.91 Å². The van der Waals surface area contributed by atoms with E-state index in [1.54, 1.807) is 19.0 Å². The molecular formula is C22H37N5O. The van der Waals surface area contributed by atoms with Gasteiger partial charge in [-0.1, -0.05) is 26.0 Å². The summed E-state index contributed by atoms with van der Waals surface area (Å²) in [6.07, 6.45) is 2.03. The predicted molar refractivity (Wildman–Crippen MR) is 117 cm³/mol. The maximum absolute atomic E-state index is 12.2. The van der Waals surface area contributed by atoms with Crippen LogP contribution in [0.2, 0.25) is 0 Å². The molecule has 1 saturated heterocycles. The first-order chi connectivity index (χ1) is 13.5. The van der Waals surface area contributed by atoms with Gasteiger partial charge < -0.3 is 15.1 Å². The topological polar surface area (TPSA) is 51.2 Å². The Bertz CT molecular complexity index is 654. The van der Waals surface area contributed by atoms with Gasteiger partial charge in [0.15, 0.2) is 5.96 Å². The van der Waals surface area contributed by atoms with Crippen LogP contribution < -0.4 is 5.32 Å². The van der Waals surface area contributed by atoms with Crippen LogP contribution in [0.1, 0.15) is 43.1 Å². The SMILES string of the molecule is CCNC(=NCCc1cccc(C(=O)N(C)C)c1)N1CCC(N(CC)CC)C1. The second kappa shape index (κ2) is 11.1. The van der Waals surface area contributed by atoms with E-state index in [-0.39, 0.29) is 5.91 Å².